The number of hydrogen-bond acceptors (Lipinski definition) is 2. The molecule has 2 nitrogen and oxygen atoms in total. The van der Waals surface area contributed by atoms with E-state index in [1.165, 1.54) is 13.0 Å². The summed E-state index contributed by atoms with van der Waals surface area (Å²) in [5.41, 5.74) is 1.96. The molecule has 26 heavy (non-hydrogen) atoms. The lowest BCUT2D eigenvalue weighted by atomic mass is 9.97. The van der Waals surface area contributed by atoms with Crippen LogP contribution in [0.25, 0.3) is 21.5 Å². The maximum absolute atomic E-state index is 11.6. The van der Waals surface area contributed by atoms with E-state index in [1.807, 2.05) is 24.3 Å². The number of hydrogen-bond donors (Lipinski definition) is 1. The van der Waals surface area contributed by atoms with Crippen molar-refractivity contribution in [3.63, 3.8) is 0 Å². The minimum absolute atomic E-state index is 0.0151. The van der Waals surface area contributed by atoms with Gasteiger partial charge >= 0.3 is 0 Å². The zero-order valence-electron chi connectivity index (χ0n) is 14.3. The Morgan fingerprint density at radius 2 is 1.42 bits per heavy atom. The van der Waals surface area contributed by atoms with Crippen LogP contribution in [0, 0.1) is 11.8 Å². The van der Waals surface area contributed by atoms with Crippen molar-refractivity contribution < 1.29 is 9.90 Å². The molecule has 0 aliphatic heterocycles. The van der Waals surface area contributed by atoms with Crippen molar-refractivity contribution in [2.75, 3.05) is 0 Å². The van der Waals surface area contributed by atoms with Crippen molar-refractivity contribution in [2.45, 2.75) is 6.92 Å². The number of carbonyl (C=O) groups is 1. The van der Waals surface area contributed by atoms with Crippen molar-refractivity contribution in [1.82, 2.24) is 0 Å². The van der Waals surface area contributed by atoms with Crippen LogP contribution in [0.5, 0.6) is 5.75 Å². The fraction of sp³-hybridized carbons (Fsp3) is 0.0417. The summed E-state index contributed by atoms with van der Waals surface area (Å²) < 4.78 is 0. The largest absolute Gasteiger partial charge is 0.507 e. The van der Waals surface area contributed by atoms with Crippen molar-refractivity contribution in [2.24, 2.45) is 0 Å². The highest BCUT2D eigenvalue weighted by Gasteiger charge is 2.07. The average molecular weight is 336 g/mol. The molecule has 0 aromatic heterocycles. The van der Waals surface area contributed by atoms with Crippen LogP contribution < -0.4 is 0 Å². The molecule has 4 aromatic carbocycles. The Bertz CT molecular complexity index is 1170. The molecule has 2 heteroatoms. The third-order valence-corrected chi connectivity index (χ3v) is 4.48. The van der Waals surface area contributed by atoms with E-state index in [0.29, 0.717) is 11.1 Å². The van der Waals surface area contributed by atoms with Crippen molar-refractivity contribution in [1.29, 1.82) is 0 Å². The fourth-order valence-electron chi connectivity index (χ4n) is 3.18. The Hall–Kier alpha value is -3.57. The van der Waals surface area contributed by atoms with E-state index in [-0.39, 0.29) is 11.5 Å². The van der Waals surface area contributed by atoms with Gasteiger partial charge in [0.25, 0.3) is 0 Å². The number of carbonyl (C=O) groups excluding carboxylic acids is 1. The molecule has 0 aliphatic carbocycles. The lowest BCUT2D eigenvalue weighted by Gasteiger charge is -2.06. The first-order valence-electron chi connectivity index (χ1n) is 8.40. The van der Waals surface area contributed by atoms with Gasteiger partial charge in [0.2, 0.25) is 0 Å². The molecule has 0 fully saturated rings. The summed E-state index contributed by atoms with van der Waals surface area (Å²) in [5, 5.41) is 14.3. The molecule has 0 atom stereocenters. The molecular formula is C24H16O2. The molecule has 0 saturated heterocycles. The molecule has 0 bridgehead atoms. The smallest absolute Gasteiger partial charge is 0.163 e. The highest BCUT2D eigenvalue weighted by molar-refractivity contribution is 6.04. The highest BCUT2D eigenvalue weighted by Crippen LogP contribution is 2.28. The molecule has 0 radical (unpaired) electrons. The molecule has 1 N–H and O–H groups in total. The zero-order valence-corrected chi connectivity index (χ0v) is 14.3. The molecule has 0 spiro atoms. The summed E-state index contributed by atoms with van der Waals surface area (Å²) in [4.78, 5) is 11.6. The molecule has 0 unspecified atom stereocenters. The standard InChI is InChI=1S/C24H16O2/c1-16(25)23-14-17(11-13-24(23)26)10-12-22-20-8-4-2-6-18(20)15-19-7-3-5-9-21(19)22/h2-9,11,13-15,26H,1H3. The van der Waals surface area contributed by atoms with Crippen LogP contribution >= 0.6 is 0 Å². The van der Waals surface area contributed by atoms with Gasteiger partial charge in [0.05, 0.1) is 5.56 Å². The molecule has 0 heterocycles. The first-order chi connectivity index (χ1) is 12.6. The van der Waals surface area contributed by atoms with Crippen LogP contribution in [0.3, 0.4) is 0 Å². The van der Waals surface area contributed by atoms with E-state index < -0.39 is 0 Å². The predicted molar refractivity (Wildman–Crippen MR) is 106 cm³/mol. The number of phenolic OH excluding ortho intramolecular Hbond substituents is 1. The van der Waals surface area contributed by atoms with Gasteiger partial charge in [0.15, 0.2) is 5.78 Å². The predicted octanol–water partition coefficient (Wildman–Crippen LogP) is 5.30. The van der Waals surface area contributed by atoms with E-state index in [0.717, 1.165) is 27.1 Å². The second-order valence-corrected chi connectivity index (χ2v) is 6.23. The van der Waals surface area contributed by atoms with E-state index in [1.54, 1.807) is 12.1 Å². The summed E-state index contributed by atoms with van der Waals surface area (Å²) in [6.45, 7) is 1.43. The Labute approximate surface area is 151 Å². The molecule has 0 aliphatic rings. The van der Waals surface area contributed by atoms with Gasteiger partial charge in [0.1, 0.15) is 5.75 Å². The van der Waals surface area contributed by atoms with Gasteiger partial charge < -0.3 is 5.11 Å². The third kappa shape index (κ3) is 2.81. The number of Topliss-reactive ketones (excluding diaryl/α,β-unsaturated/α-hetero) is 1. The van der Waals surface area contributed by atoms with Gasteiger partial charge in [0, 0.05) is 11.1 Å². The maximum atomic E-state index is 11.6. The van der Waals surface area contributed by atoms with E-state index in [9.17, 15) is 9.90 Å². The van der Waals surface area contributed by atoms with Crippen LogP contribution in [-0.2, 0) is 0 Å². The number of rotatable bonds is 1. The Morgan fingerprint density at radius 3 is 2.04 bits per heavy atom. The van der Waals surface area contributed by atoms with Crippen molar-refractivity contribution in [3.8, 4) is 17.6 Å². The molecule has 124 valence electrons. The van der Waals surface area contributed by atoms with Gasteiger partial charge in [-0.3, -0.25) is 4.79 Å². The second kappa shape index (κ2) is 6.38. The summed E-state index contributed by atoms with van der Waals surface area (Å²) in [6, 6.07) is 23.4. The average Bonchev–Trinajstić information content (AvgIpc) is 2.66. The monoisotopic (exact) mass is 336 g/mol. The minimum Gasteiger partial charge on any atom is -0.507 e. The number of fused-ring (bicyclic) bond motifs is 2. The number of ketones is 1. The lowest BCUT2D eigenvalue weighted by Crippen LogP contribution is -1.93. The quantitative estimate of drug-likeness (QED) is 0.291. The lowest BCUT2D eigenvalue weighted by molar-refractivity contribution is 0.101. The van der Waals surface area contributed by atoms with Gasteiger partial charge in [-0.1, -0.05) is 60.4 Å². The number of benzene rings is 4. The first-order valence-corrected chi connectivity index (χ1v) is 8.40. The number of aromatic hydroxyl groups is 1. The van der Waals surface area contributed by atoms with Crippen LogP contribution in [0.1, 0.15) is 28.4 Å². The van der Waals surface area contributed by atoms with E-state index in [2.05, 4.69) is 42.2 Å². The summed E-state index contributed by atoms with van der Waals surface area (Å²) in [6.07, 6.45) is 0. The molecule has 4 aromatic rings. The molecule has 0 amide bonds. The van der Waals surface area contributed by atoms with Crippen LogP contribution in [0.2, 0.25) is 0 Å². The zero-order chi connectivity index (χ0) is 18.1. The van der Waals surface area contributed by atoms with Crippen molar-refractivity contribution in [3.05, 3.63) is 89.5 Å². The van der Waals surface area contributed by atoms with Crippen molar-refractivity contribution >= 4 is 27.3 Å². The molecule has 4 rings (SSSR count). The first kappa shape index (κ1) is 15.9. The normalized spacial score (nSPS) is 10.5. The van der Waals surface area contributed by atoms with Gasteiger partial charge in [-0.15, -0.1) is 0 Å². The van der Waals surface area contributed by atoms with Crippen LogP contribution in [-0.4, -0.2) is 10.9 Å². The Balaban J connectivity index is 1.94. The topological polar surface area (TPSA) is 37.3 Å². The molecular weight excluding hydrogens is 320 g/mol. The van der Waals surface area contributed by atoms with Gasteiger partial charge in [-0.25, -0.2) is 0 Å². The Kier molecular flexibility index (Phi) is 3.91. The van der Waals surface area contributed by atoms with E-state index in [4.69, 9.17) is 0 Å². The minimum atomic E-state index is -0.179. The SMILES string of the molecule is CC(=O)c1cc(C#Cc2c3ccccc3cc3ccccc23)ccc1O. The fourth-order valence-corrected chi connectivity index (χ4v) is 3.18. The maximum Gasteiger partial charge on any atom is 0.163 e. The van der Waals surface area contributed by atoms with Gasteiger partial charge in [-0.2, -0.15) is 0 Å². The summed E-state index contributed by atoms with van der Waals surface area (Å²) in [7, 11) is 0. The van der Waals surface area contributed by atoms with Crippen LogP contribution in [0.15, 0.2) is 72.8 Å². The third-order valence-electron chi connectivity index (χ3n) is 4.48. The van der Waals surface area contributed by atoms with Gasteiger partial charge in [-0.05, 0) is 52.7 Å². The van der Waals surface area contributed by atoms with E-state index >= 15 is 0 Å². The second-order valence-electron chi connectivity index (χ2n) is 6.23. The Morgan fingerprint density at radius 1 is 0.808 bits per heavy atom. The summed E-state index contributed by atoms with van der Waals surface area (Å²) in [5.74, 6) is 6.25. The summed E-state index contributed by atoms with van der Waals surface area (Å²) >= 11 is 0. The van der Waals surface area contributed by atoms with Crippen LogP contribution in [0.4, 0.5) is 0 Å². The molecule has 0 saturated carbocycles. The number of phenols is 1. The highest BCUT2D eigenvalue weighted by atomic mass is 16.3.